The Kier molecular flexibility index (Phi) is 6.74. The average molecular weight is 462 g/mol. The van der Waals surface area contributed by atoms with Gasteiger partial charge in [0.05, 0.1) is 5.75 Å². The van der Waals surface area contributed by atoms with Gasteiger partial charge in [-0.25, -0.2) is 8.42 Å². The second-order valence-electron chi connectivity index (χ2n) is 7.96. The Balaban J connectivity index is 1.23. The molecular weight excluding hydrogens is 434 g/mol. The van der Waals surface area contributed by atoms with E-state index in [2.05, 4.69) is 11.4 Å². The van der Waals surface area contributed by atoms with Gasteiger partial charge >= 0.3 is 0 Å². The zero-order valence-electron chi connectivity index (χ0n) is 17.4. The molecule has 7 nitrogen and oxygen atoms in total. The van der Waals surface area contributed by atoms with Crippen LogP contribution < -0.4 is 0 Å². The van der Waals surface area contributed by atoms with Crippen molar-refractivity contribution in [2.75, 3.05) is 32.7 Å². The predicted octanol–water partition coefficient (Wildman–Crippen LogP) is 2.09. The monoisotopic (exact) mass is 461 g/mol. The van der Waals surface area contributed by atoms with Crippen molar-refractivity contribution >= 4 is 33.2 Å². The lowest BCUT2D eigenvalue weighted by Crippen LogP contribution is -2.50. The summed E-state index contributed by atoms with van der Waals surface area (Å²) in [5.74, 6) is -0.103. The minimum absolute atomic E-state index is 0.00859. The number of carbonyl (C=O) groups excluding carboxylic acids is 2. The topological polar surface area (TPSA) is 78.0 Å². The van der Waals surface area contributed by atoms with Crippen molar-refractivity contribution in [2.45, 2.75) is 31.6 Å². The number of nitrogens with zero attached hydrogens (tertiary/aromatic N) is 3. The third-order valence-electron chi connectivity index (χ3n) is 5.89. The van der Waals surface area contributed by atoms with Crippen LogP contribution in [0.5, 0.6) is 0 Å². The summed E-state index contributed by atoms with van der Waals surface area (Å²) in [5.41, 5.74) is 1.97. The van der Waals surface area contributed by atoms with Crippen LogP contribution in [0.25, 0.3) is 0 Å². The van der Waals surface area contributed by atoms with Gasteiger partial charge in [0.1, 0.15) is 0 Å². The number of carbonyl (C=O) groups is 2. The number of thiophene rings is 1. The van der Waals surface area contributed by atoms with E-state index in [1.165, 1.54) is 14.7 Å². The fourth-order valence-corrected chi connectivity index (χ4v) is 6.49. The van der Waals surface area contributed by atoms with Crippen molar-refractivity contribution < 1.29 is 18.0 Å². The fourth-order valence-electron chi connectivity index (χ4n) is 4.08. The maximum Gasteiger partial charge on any atom is 0.223 e. The van der Waals surface area contributed by atoms with Gasteiger partial charge in [-0.1, -0.05) is 30.3 Å². The quantitative estimate of drug-likeness (QED) is 0.660. The summed E-state index contributed by atoms with van der Waals surface area (Å²) < 4.78 is 26.8. The summed E-state index contributed by atoms with van der Waals surface area (Å²) in [6, 6.07) is 11.2. The molecule has 0 radical (unpaired) electrons. The van der Waals surface area contributed by atoms with Gasteiger partial charge in [0.15, 0.2) is 0 Å². The Morgan fingerprint density at radius 2 is 1.55 bits per heavy atom. The van der Waals surface area contributed by atoms with E-state index in [1.54, 1.807) is 28.4 Å². The minimum atomic E-state index is -3.41. The second kappa shape index (κ2) is 9.50. The van der Waals surface area contributed by atoms with Gasteiger partial charge in [-0.15, -0.1) is 11.3 Å². The van der Waals surface area contributed by atoms with E-state index in [0.717, 1.165) is 12.0 Å². The molecule has 2 aliphatic heterocycles. The molecule has 9 heteroatoms. The highest BCUT2D eigenvalue weighted by Crippen LogP contribution is 2.24. The first kappa shape index (κ1) is 22.0. The third-order valence-corrected chi connectivity index (χ3v) is 8.76. The van der Waals surface area contributed by atoms with Crippen LogP contribution in [0.1, 0.15) is 28.8 Å². The highest BCUT2D eigenvalue weighted by Gasteiger charge is 2.29. The van der Waals surface area contributed by atoms with E-state index in [1.807, 2.05) is 23.1 Å². The van der Waals surface area contributed by atoms with Crippen molar-refractivity contribution in [3.63, 3.8) is 0 Å². The summed E-state index contributed by atoms with van der Waals surface area (Å²) in [6.45, 7) is 2.65. The third kappa shape index (κ3) is 5.34. The summed E-state index contributed by atoms with van der Waals surface area (Å²) in [6.07, 6.45) is 1.25. The van der Waals surface area contributed by atoms with Gasteiger partial charge in [-0.3, -0.25) is 9.59 Å². The molecule has 0 aliphatic carbocycles. The molecule has 2 aliphatic rings. The molecule has 0 N–H and O–H groups in total. The average Bonchev–Trinajstić information content (AvgIpc) is 3.25. The van der Waals surface area contributed by atoms with Gasteiger partial charge in [-0.05, 0) is 29.0 Å². The van der Waals surface area contributed by atoms with Crippen LogP contribution in [-0.4, -0.2) is 67.1 Å². The molecule has 1 aromatic carbocycles. The van der Waals surface area contributed by atoms with Crippen LogP contribution in [0.15, 0.2) is 41.8 Å². The zero-order valence-corrected chi connectivity index (χ0v) is 19.0. The first-order valence-electron chi connectivity index (χ1n) is 10.5. The van der Waals surface area contributed by atoms with Crippen molar-refractivity contribution in [1.29, 1.82) is 0 Å². The highest BCUT2D eigenvalue weighted by atomic mass is 32.2. The molecule has 0 saturated carbocycles. The lowest BCUT2D eigenvalue weighted by Gasteiger charge is -2.34. The lowest BCUT2D eigenvalue weighted by atomic mass is 10.1. The molecule has 0 spiro atoms. The Labute approximate surface area is 187 Å². The van der Waals surface area contributed by atoms with Crippen LogP contribution in [0.4, 0.5) is 0 Å². The van der Waals surface area contributed by atoms with Crippen LogP contribution in [0, 0.1) is 0 Å². The summed E-state index contributed by atoms with van der Waals surface area (Å²) in [5, 5.41) is 2.06. The van der Waals surface area contributed by atoms with Gasteiger partial charge in [0, 0.05) is 57.0 Å². The molecule has 166 valence electrons. The Hall–Kier alpha value is -2.23. The van der Waals surface area contributed by atoms with Gasteiger partial charge < -0.3 is 9.80 Å². The summed E-state index contributed by atoms with van der Waals surface area (Å²) >= 11 is 1.73. The van der Waals surface area contributed by atoms with Crippen LogP contribution in [0.2, 0.25) is 0 Å². The molecule has 1 aromatic heterocycles. The summed E-state index contributed by atoms with van der Waals surface area (Å²) in [7, 11) is -3.41. The van der Waals surface area contributed by atoms with Gasteiger partial charge in [0.25, 0.3) is 0 Å². The van der Waals surface area contributed by atoms with Crippen molar-refractivity contribution in [1.82, 2.24) is 14.1 Å². The molecule has 0 unspecified atom stereocenters. The van der Waals surface area contributed by atoms with Crippen LogP contribution in [0.3, 0.4) is 0 Å². The molecule has 1 saturated heterocycles. The zero-order chi connectivity index (χ0) is 21.8. The Bertz CT molecular complexity index is 1030. The van der Waals surface area contributed by atoms with Crippen molar-refractivity contribution in [3.05, 3.63) is 57.8 Å². The number of hydrogen-bond donors (Lipinski definition) is 0. The molecule has 1 fully saturated rings. The van der Waals surface area contributed by atoms with Gasteiger partial charge in [-0.2, -0.15) is 4.31 Å². The predicted molar refractivity (Wildman–Crippen MR) is 120 cm³/mol. The van der Waals surface area contributed by atoms with E-state index in [-0.39, 0.29) is 30.4 Å². The molecule has 4 rings (SSSR count). The first-order chi connectivity index (χ1) is 14.9. The molecule has 2 aromatic rings. The number of sulfonamides is 1. The molecule has 2 amide bonds. The first-order valence-corrected chi connectivity index (χ1v) is 13.0. The second-order valence-corrected chi connectivity index (χ2v) is 10.9. The van der Waals surface area contributed by atoms with Gasteiger partial charge in [0.2, 0.25) is 21.8 Å². The number of rotatable bonds is 6. The van der Waals surface area contributed by atoms with E-state index < -0.39 is 10.0 Å². The lowest BCUT2D eigenvalue weighted by molar-refractivity contribution is -0.138. The van der Waals surface area contributed by atoms with E-state index in [4.69, 9.17) is 0 Å². The number of fused-ring (bicyclic) bond motifs is 1. The standard InChI is InChI=1S/C22H27N3O4S2/c26-21(6-7-22(27)24-10-8-20-19(16-24)9-15-30-20)23-11-13-25(14-12-23)31(28,29)17-18-4-2-1-3-5-18/h1-5,9,15H,6-8,10-14,16-17H2. The smallest absolute Gasteiger partial charge is 0.223 e. The number of amides is 2. The highest BCUT2D eigenvalue weighted by molar-refractivity contribution is 7.88. The van der Waals surface area contributed by atoms with E-state index in [0.29, 0.717) is 39.3 Å². The number of piperazine rings is 1. The molecular formula is C22H27N3O4S2. The van der Waals surface area contributed by atoms with Crippen LogP contribution in [-0.2, 0) is 38.3 Å². The molecule has 3 heterocycles. The van der Waals surface area contributed by atoms with E-state index >= 15 is 0 Å². The SMILES string of the molecule is O=C(CCC(=O)N1CCc2sccc2C1)N1CCN(S(=O)(=O)Cc2ccccc2)CC1. The molecule has 0 bridgehead atoms. The maximum atomic E-state index is 12.7. The maximum absolute atomic E-state index is 12.7. The van der Waals surface area contributed by atoms with Crippen molar-refractivity contribution in [3.8, 4) is 0 Å². The minimum Gasteiger partial charge on any atom is -0.340 e. The summed E-state index contributed by atoms with van der Waals surface area (Å²) in [4.78, 5) is 30.0. The Morgan fingerprint density at radius 3 is 2.26 bits per heavy atom. The molecule has 31 heavy (non-hydrogen) atoms. The van der Waals surface area contributed by atoms with Crippen LogP contribution >= 0.6 is 11.3 Å². The number of hydrogen-bond acceptors (Lipinski definition) is 5. The Morgan fingerprint density at radius 1 is 0.871 bits per heavy atom. The van der Waals surface area contributed by atoms with Crippen molar-refractivity contribution in [2.24, 2.45) is 0 Å². The fraction of sp³-hybridized carbons (Fsp3) is 0.455. The van der Waals surface area contributed by atoms with E-state index in [9.17, 15) is 18.0 Å². The largest absolute Gasteiger partial charge is 0.340 e. The molecule has 0 atom stereocenters. The number of benzene rings is 1. The normalized spacial score (nSPS) is 17.4.